The predicted molar refractivity (Wildman–Crippen MR) is 101 cm³/mol. The quantitative estimate of drug-likeness (QED) is 0.740. The average molecular weight is 335 g/mol. The molecular weight excluding hydrogens is 310 g/mol. The zero-order valence-corrected chi connectivity index (χ0v) is 15.2. The molecule has 130 valence electrons. The first kappa shape index (κ1) is 16.1. The molecule has 2 heterocycles. The van der Waals surface area contributed by atoms with E-state index in [0.717, 1.165) is 22.6 Å². The number of hydrogen-bond acceptors (Lipinski definition) is 2. The Morgan fingerprint density at radius 1 is 1.08 bits per heavy atom. The standard InChI is InChI=1S/C21H25N3O/c1-13-9-10-17(14(2)11-13)18-12-19(25)22-21-20(15(3)23-24(18)21)16-7-5-4-6-8-16/h9-12,16H,4-8H2,1-3H3,(H,22,25). The summed E-state index contributed by atoms with van der Waals surface area (Å²) in [6, 6.07) is 8.01. The van der Waals surface area contributed by atoms with Crippen molar-refractivity contribution in [3.63, 3.8) is 0 Å². The van der Waals surface area contributed by atoms with Gasteiger partial charge < -0.3 is 4.98 Å². The summed E-state index contributed by atoms with van der Waals surface area (Å²) in [4.78, 5) is 15.5. The third-order valence-electron chi connectivity index (χ3n) is 5.52. The van der Waals surface area contributed by atoms with E-state index in [1.165, 1.54) is 48.8 Å². The van der Waals surface area contributed by atoms with Gasteiger partial charge in [0.1, 0.15) is 5.65 Å². The zero-order valence-electron chi connectivity index (χ0n) is 15.2. The van der Waals surface area contributed by atoms with Crippen molar-refractivity contribution in [2.45, 2.75) is 58.8 Å². The fourth-order valence-electron chi connectivity index (χ4n) is 4.34. The van der Waals surface area contributed by atoms with Crippen LogP contribution in [0.25, 0.3) is 16.9 Å². The van der Waals surface area contributed by atoms with Crippen LogP contribution in [0.5, 0.6) is 0 Å². The minimum atomic E-state index is -0.0561. The summed E-state index contributed by atoms with van der Waals surface area (Å²) in [6.07, 6.45) is 6.24. The lowest BCUT2D eigenvalue weighted by atomic mass is 9.84. The van der Waals surface area contributed by atoms with Gasteiger partial charge >= 0.3 is 0 Å². The van der Waals surface area contributed by atoms with Gasteiger partial charge in [0, 0.05) is 17.2 Å². The van der Waals surface area contributed by atoms with Gasteiger partial charge in [0.05, 0.1) is 11.4 Å². The number of aromatic nitrogens is 3. The second-order valence-corrected chi connectivity index (χ2v) is 7.43. The van der Waals surface area contributed by atoms with Crippen LogP contribution in [0.4, 0.5) is 0 Å². The van der Waals surface area contributed by atoms with Gasteiger partial charge in [-0.2, -0.15) is 5.10 Å². The van der Waals surface area contributed by atoms with Crippen molar-refractivity contribution in [3.8, 4) is 11.3 Å². The van der Waals surface area contributed by atoms with Gasteiger partial charge in [-0.15, -0.1) is 0 Å². The van der Waals surface area contributed by atoms with Crippen molar-refractivity contribution in [2.75, 3.05) is 0 Å². The van der Waals surface area contributed by atoms with E-state index < -0.39 is 0 Å². The van der Waals surface area contributed by atoms with Crippen LogP contribution in [0.3, 0.4) is 0 Å². The summed E-state index contributed by atoms with van der Waals surface area (Å²) < 4.78 is 1.94. The van der Waals surface area contributed by atoms with Crippen LogP contribution in [-0.2, 0) is 0 Å². The Morgan fingerprint density at radius 3 is 2.56 bits per heavy atom. The Kier molecular flexibility index (Phi) is 3.98. The van der Waals surface area contributed by atoms with Gasteiger partial charge in [-0.1, -0.05) is 43.0 Å². The topological polar surface area (TPSA) is 50.2 Å². The van der Waals surface area contributed by atoms with Crippen molar-refractivity contribution in [1.82, 2.24) is 14.6 Å². The molecule has 1 N–H and O–H groups in total. The summed E-state index contributed by atoms with van der Waals surface area (Å²) in [6.45, 7) is 6.25. The molecule has 0 atom stereocenters. The van der Waals surface area contributed by atoms with Crippen molar-refractivity contribution in [1.29, 1.82) is 0 Å². The molecular formula is C21H25N3O. The van der Waals surface area contributed by atoms with Crippen LogP contribution in [0, 0.1) is 20.8 Å². The maximum atomic E-state index is 12.4. The summed E-state index contributed by atoms with van der Waals surface area (Å²) in [5, 5.41) is 4.82. The number of hydrogen-bond donors (Lipinski definition) is 1. The third kappa shape index (κ3) is 2.80. The number of benzene rings is 1. The molecule has 0 spiro atoms. The van der Waals surface area contributed by atoms with E-state index in [2.05, 4.69) is 44.0 Å². The molecule has 1 aliphatic carbocycles. The fraction of sp³-hybridized carbons (Fsp3) is 0.429. The maximum Gasteiger partial charge on any atom is 0.251 e. The minimum absolute atomic E-state index is 0.0561. The monoisotopic (exact) mass is 335 g/mol. The van der Waals surface area contributed by atoms with Crippen LogP contribution in [0.2, 0.25) is 0 Å². The normalized spacial score (nSPS) is 15.8. The minimum Gasteiger partial charge on any atom is -0.307 e. The number of nitrogens with one attached hydrogen (secondary N) is 1. The second kappa shape index (κ2) is 6.17. The fourth-order valence-corrected chi connectivity index (χ4v) is 4.34. The van der Waals surface area contributed by atoms with E-state index in [0.29, 0.717) is 5.92 Å². The van der Waals surface area contributed by atoms with E-state index in [-0.39, 0.29) is 5.56 Å². The number of nitrogens with zero attached hydrogens (tertiary/aromatic N) is 2. The van der Waals surface area contributed by atoms with Gasteiger partial charge in [0.2, 0.25) is 0 Å². The molecule has 0 radical (unpaired) electrons. The van der Waals surface area contributed by atoms with E-state index in [1.54, 1.807) is 6.07 Å². The van der Waals surface area contributed by atoms with Crippen LogP contribution in [0.15, 0.2) is 29.1 Å². The summed E-state index contributed by atoms with van der Waals surface area (Å²) in [7, 11) is 0. The number of fused-ring (bicyclic) bond motifs is 1. The van der Waals surface area contributed by atoms with Crippen molar-refractivity contribution < 1.29 is 0 Å². The van der Waals surface area contributed by atoms with E-state index >= 15 is 0 Å². The molecule has 1 saturated carbocycles. The SMILES string of the molecule is Cc1ccc(-c2cc(=O)[nH]c3c(C4CCCCC4)c(C)nn23)c(C)c1. The van der Waals surface area contributed by atoms with Crippen LogP contribution >= 0.6 is 0 Å². The van der Waals surface area contributed by atoms with Crippen LogP contribution in [-0.4, -0.2) is 14.6 Å². The highest BCUT2D eigenvalue weighted by Gasteiger charge is 2.24. The molecule has 1 aliphatic rings. The molecule has 4 rings (SSSR count). The highest BCUT2D eigenvalue weighted by atomic mass is 16.1. The predicted octanol–water partition coefficient (Wildman–Crippen LogP) is 4.66. The lowest BCUT2D eigenvalue weighted by Crippen LogP contribution is -2.12. The smallest absolute Gasteiger partial charge is 0.251 e. The highest BCUT2D eigenvalue weighted by molar-refractivity contribution is 5.68. The molecule has 1 aromatic carbocycles. The Labute approximate surface area is 147 Å². The largest absolute Gasteiger partial charge is 0.307 e. The molecule has 4 nitrogen and oxygen atoms in total. The van der Waals surface area contributed by atoms with E-state index in [1.807, 2.05) is 4.52 Å². The molecule has 2 aromatic heterocycles. The first-order valence-electron chi connectivity index (χ1n) is 9.25. The molecule has 3 aromatic rings. The second-order valence-electron chi connectivity index (χ2n) is 7.43. The molecule has 1 fully saturated rings. The lowest BCUT2D eigenvalue weighted by Gasteiger charge is -2.21. The molecule has 25 heavy (non-hydrogen) atoms. The first-order valence-corrected chi connectivity index (χ1v) is 9.25. The first-order chi connectivity index (χ1) is 12.0. The molecule has 0 unspecified atom stereocenters. The van der Waals surface area contributed by atoms with Crippen LogP contribution < -0.4 is 5.56 Å². The molecule has 4 heteroatoms. The van der Waals surface area contributed by atoms with E-state index in [4.69, 9.17) is 5.10 Å². The zero-order chi connectivity index (χ0) is 17.6. The van der Waals surface area contributed by atoms with Crippen molar-refractivity contribution in [3.05, 3.63) is 57.0 Å². The summed E-state index contributed by atoms with van der Waals surface area (Å²) in [5.74, 6) is 0.510. The van der Waals surface area contributed by atoms with Crippen molar-refractivity contribution in [2.24, 2.45) is 0 Å². The van der Waals surface area contributed by atoms with Crippen LogP contribution in [0.1, 0.15) is 60.4 Å². The van der Waals surface area contributed by atoms with Gasteiger partial charge in [-0.05, 0) is 45.1 Å². The van der Waals surface area contributed by atoms with Gasteiger partial charge in [-0.25, -0.2) is 4.52 Å². The number of rotatable bonds is 2. The number of aromatic amines is 1. The van der Waals surface area contributed by atoms with E-state index in [9.17, 15) is 4.79 Å². The molecule has 0 saturated heterocycles. The Hall–Kier alpha value is -2.36. The maximum absolute atomic E-state index is 12.4. The Morgan fingerprint density at radius 2 is 1.84 bits per heavy atom. The molecule has 0 amide bonds. The molecule has 0 bridgehead atoms. The lowest BCUT2D eigenvalue weighted by molar-refractivity contribution is 0.444. The summed E-state index contributed by atoms with van der Waals surface area (Å²) in [5.41, 5.74) is 7.44. The van der Waals surface area contributed by atoms with Gasteiger partial charge in [0.15, 0.2) is 0 Å². The van der Waals surface area contributed by atoms with Gasteiger partial charge in [0.25, 0.3) is 5.56 Å². The number of H-pyrrole nitrogens is 1. The van der Waals surface area contributed by atoms with Crippen molar-refractivity contribution >= 4 is 5.65 Å². The Balaban J connectivity index is 1.96. The highest BCUT2D eigenvalue weighted by Crippen LogP contribution is 2.36. The molecule has 0 aliphatic heterocycles. The number of aryl methyl sites for hydroxylation is 3. The average Bonchev–Trinajstić information content (AvgIpc) is 2.91. The Bertz CT molecular complexity index is 990. The summed E-state index contributed by atoms with van der Waals surface area (Å²) >= 11 is 0. The third-order valence-corrected chi connectivity index (χ3v) is 5.52. The van der Waals surface area contributed by atoms with Gasteiger partial charge in [-0.3, -0.25) is 4.79 Å².